The number of nitrogens with zero attached hydrogens (tertiary/aromatic N) is 3. The molecule has 0 saturated carbocycles. The molecule has 1 aliphatic rings. The summed E-state index contributed by atoms with van der Waals surface area (Å²) in [6.45, 7) is 2.09. The fourth-order valence-corrected chi connectivity index (χ4v) is 4.44. The van der Waals surface area contributed by atoms with Crippen LogP contribution < -0.4 is 10.2 Å². The third kappa shape index (κ3) is 4.08. The summed E-state index contributed by atoms with van der Waals surface area (Å²) in [5.74, 6) is -0.272. The Morgan fingerprint density at radius 2 is 2.15 bits per heavy atom. The average molecular weight is 384 g/mol. The third-order valence-corrected chi connectivity index (χ3v) is 5.96. The molecule has 0 bridgehead atoms. The maximum Gasteiger partial charge on any atom is 0.224 e. The predicted molar refractivity (Wildman–Crippen MR) is 105 cm³/mol. The molecule has 1 aliphatic heterocycles. The van der Waals surface area contributed by atoms with Gasteiger partial charge >= 0.3 is 0 Å². The highest BCUT2D eigenvalue weighted by Crippen LogP contribution is 2.32. The van der Waals surface area contributed by atoms with E-state index in [1.165, 1.54) is 17.4 Å². The normalized spacial score (nSPS) is 17.2. The molecule has 5 nitrogen and oxygen atoms in total. The van der Waals surface area contributed by atoms with Crippen LogP contribution in [0.4, 0.5) is 9.52 Å². The smallest absolute Gasteiger partial charge is 0.224 e. The molecule has 1 amide bonds. The second-order valence-corrected chi connectivity index (χ2v) is 7.77. The summed E-state index contributed by atoms with van der Waals surface area (Å²) in [6, 6.07) is 8.93. The Balaban J connectivity index is 1.37. The molecular weight excluding hydrogens is 363 g/mol. The number of carbonyl (C=O) groups is 1. The Bertz CT molecular complexity index is 930. The minimum absolute atomic E-state index is 0.0620. The van der Waals surface area contributed by atoms with Crippen LogP contribution >= 0.6 is 11.3 Å². The van der Waals surface area contributed by atoms with Crippen molar-refractivity contribution in [2.45, 2.75) is 19.3 Å². The van der Waals surface area contributed by atoms with E-state index in [0.29, 0.717) is 18.6 Å². The molecular formula is C20H21FN4OS. The zero-order chi connectivity index (χ0) is 18.6. The molecule has 0 radical (unpaired) electrons. The Morgan fingerprint density at radius 3 is 2.96 bits per heavy atom. The third-order valence-electron chi connectivity index (χ3n) is 4.88. The first-order valence-corrected chi connectivity index (χ1v) is 9.99. The van der Waals surface area contributed by atoms with Crippen molar-refractivity contribution in [3.63, 3.8) is 0 Å². The van der Waals surface area contributed by atoms with Crippen LogP contribution in [0.2, 0.25) is 0 Å². The first-order chi connectivity index (χ1) is 13.2. The van der Waals surface area contributed by atoms with E-state index >= 15 is 0 Å². The lowest BCUT2D eigenvalue weighted by Crippen LogP contribution is -2.43. The summed E-state index contributed by atoms with van der Waals surface area (Å²) >= 11 is 1.48. The number of halogens is 1. The minimum Gasteiger partial charge on any atom is -0.355 e. The maximum absolute atomic E-state index is 13.9. The van der Waals surface area contributed by atoms with Gasteiger partial charge in [-0.05, 0) is 49.1 Å². The van der Waals surface area contributed by atoms with Gasteiger partial charge in [0.05, 0.1) is 10.6 Å². The number of anilines is 1. The molecule has 1 aromatic carbocycles. The topological polar surface area (TPSA) is 58.1 Å². The second-order valence-electron chi connectivity index (χ2n) is 6.76. The Morgan fingerprint density at radius 1 is 1.30 bits per heavy atom. The van der Waals surface area contributed by atoms with Crippen LogP contribution in [0.1, 0.15) is 18.4 Å². The van der Waals surface area contributed by atoms with Gasteiger partial charge in [0.15, 0.2) is 5.13 Å². The van der Waals surface area contributed by atoms with Gasteiger partial charge in [0.1, 0.15) is 11.3 Å². The number of fused-ring (bicyclic) bond motifs is 1. The fourth-order valence-electron chi connectivity index (χ4n) is 3.43. The zero-order valence-electron chi connectivity index (χ0n) is 14.9. The van der Waals surface area contributed by atoms with Crippen LogP contribution in [0.15, 0.2) is 42.7 Å². The number of benzene rings is 1. The Kier molecular flexibility index (Phi) is 5.29. The summed E-state index contributed by atoms with van der Waals surface area (Å²) in [7, 11) is 0. The number of thiazole rings is 1. The summed E-state index contributed by atoms with van der Waals surface area (Å²) in [5, 5.41) is 3.84. The van der Waals surface area contributed by atoms with Gasteiger partial charge in [0.25, 0.3) is 0 Å². The largest absolute Gasteiger partial charge is 0.355 e. The molecule has 1 atom stereocenters. The van der Waals surface area contributed by atoms with Gasteiger partial charge in [0, 0.05) is 32.0 Å². The highest BCUT2D eigenvalue weighted by Gasteiger charge is 2.27. The summed E-state index contributed by atoms with van der Waals surface area (Å²) < 4.78 is 14.8. The summed E-state index contributed by atoms with van der Waals surface area (Å²) in [4.78, 5) is 23.1. The number of carbonyl (C=O) groups excluding carboxylic acids is 1. The predicted octanol–water partition coefficient (Wildman–Crippen LogP) is 3.41. The molecule has 3 heterocycles. The molecule has 2 aromatic heterocycles. The number of hydrogen-bond acceptors (Lipinski definition) is 5. The van der Waals surface area contributed by atoms with Crippen molar-refractivity contribution in [1.29, 1.82) is 0 Å². The zero-order valence-corrected chi connectivity index (χ0v) is 15.7. The standard InChI is InChI=1S/C20H21FN4OS/c21-16-4-1-5-17-18(16)24-20(27-17)25-12-2-3-15(13-25)19(26)23-11-8-14-6-9-22-10-7-14/h1,4-7,9-10,15H,2-3,8,11-13H2,(H,23,26). The first-order valence-electron chi connectivity index (χ1n) is 9.17. The van der Waals surface area contributed by atoms with Gasteiger partial charge in [-0.15, -0.1) is 0 Å². The van der Waals surface area contributed by atoms with Gasteiger partial charge in [-0.1, -0.05) is 17.4 Å². The SMILES string of the molecule is O=C(NCCc1ccncc1)C1CCCN(c2nc3c(F)cccc3s2)C1. The monoisotopic (exact) mass is 384 g/mol. The van der Waals surface area contributed by atoms with Gasteiger partial charge in [-0.2, -0.15) is 0 Å². The number of rotatable bonds is 5. The summed E-state index contributed by atoms with van der Waals surface area (Å²) in [6.07, 6.45) is 6.12. The summed E-state index contributed by atoms with van der Waals surface area (Å²) in [5.41, 5.74) is 1.58. The van der Waals surface area contributed by atoms with Crippen molar-refractivity contribution in [1.82, 2.24) is 15.3 Å². The van der Waals surface area contributed by atoms with E-state index < -0.39 is 0 Å². The van der Waals surface area contributed by atoms with Crippen LogP contribution in [0.3, 0.4) is 0 Å². The number of hydrogen-bond donors (Lipinski definition) is 1. The van der Waals surface area contributed by atoms with Crippen molar-refractivity contribution in [3.8, 4) is 0 Å². The number of nitrogens with one attached hydrogen (secondary N) is 1. The van der Waals surface area contributed by atoms with Crippen molar-refractivity contribution >= 4 is 32.6 Å². The van der Waals surface area contributed by atoms with E-state index in [0.717, 1.165) is 41.2 Å². The molecule has 1 unspecified atom stereocenters. The highest BCUT2D eigenvalue weighted by atomic mass is 32.1. The highest BCUT2D eigenvalue weighted by molar-refractivity contribution is 7.22. The number of amides is 1. The lowest BCUT2D eigenvalue weighted by atomic mass is 9.97. The minimum atomic E-state index is -0.294. The molecule has 1 fully saturated rings. The Hall–Kier alpha value is -2.54. The first kappa shape index (κ1) is 17.9. The van der Waals surface area contributed by atoms with Crippen molar-refractivity contribution in [2.24, 2.45) is 5.92 Å². The molecule has 27 heavy (non-hydrogen) atoms. The van der Waals surface area contributed by atoms with E-state index in [1.807, 2.05) is 18.2 Å². The van der Waals surface area contributed by atoms with E-state index in [4.69, 9.17) is 0 Å². The molecule has 1 saturated heterocycles. The lowest BCUT2D eigenvalue weighted by molar-refractivity contribution is -0.125. The van der Waals surface area contributed by atoms with Crippen molar-refractivity contribution in [3.05, 3.63) is 54.1 Å². The fraction of sp³-hybridized carbons (Fsp3) is 0.350. The molecule has 1 N–H and O–H groups in total. The van der Waals surface area contributed by atoms with Gasteiger partial charge < -0.3 is 10.2 Å². The van der Waals surface area contributed by atoms with Crippen LogP contribution in [-0.2, 0) is 11.2 Å². The van der Waals surface area contributed by atoms with Crippen LogP contribution in [-0.4, -0.2) is 35.5 Å². The Labute approximate surface area is 161 Å². The van der Waals surface area contributed by atoms with E-state index in [2.05, 4.69) is 20.2 Å². The molecule has 4 rings (SSSR count). The van der Waals surface area contributed by atoms with E-state index in [1.54, 1.807) is 18.5 Å². The van der Waals surface area contributed by atoms with Gasteiger partial charge in [-0.25, -0.2) is 9.37 Å². The number of pyridine rings is 1. The van der Waals surface area contributed by atoms with Crippen LogP contribution in [0.25, 0.3) is 10.2 Å². The van der Waals surface area contributed by atoms with Gasteiger partial charge in [0.2, 0.25) is 5.91 Å². The van der Waals surface area contributed by atoms with Crippen molar-refractivity contribution < 1.29 is 9.18 Å². The number of para-hydroxylation sites is 1. The quantitative estimate of drug-likeness (QED) is 0.732. The molecule has 140 valence electrons. The molecule has 0 aliphatic carbocycles. The average Bonchev–Trinajstić information content (AvgIpc) is 3.15. The van der Waals surface area contributed by atoms with E-state index in [9.17, 15) is 9.18 Å². The lowest BCUT2D eigenvalue weighted by Gasteiger charge is -2.31. The molecule has 0 spiro atoms. The maximum atomic E-state index is 13.9. The van der Waals surface area contributed by atoms with E-state index in [-0.39, 0.29) is 17.6 Å². The molecule has 3 aromatic rings. The van der Waals surface area contributed by atoms with Crippen LogP contribution in [0.5, 0.6) is 0 Å². The molecule has 7 heteroatoms. The van der Waals surface area contributed by atoms with Gasteiger partial charge in [-0.3, -0.25) is 9.78 Å². The number of aromatic nitrogens is 2. The second kappa shape index (κ2) is 8.00. The number of piperidine rings is 1. The van der Waals surface area contributed by atoms with Crippen LogP contribution in [0, 0.1) is 11.7 Å². The van der Waals surface area contributed by atoms with Crippen molar-refractivity contribution in [2.75, 3.05) is 24.5 Å².